The summed E-state index contributed by atoms with van der Waals surface area (Å²) in [6, 6.07) is 10.4. The minimum absolute atomic E-state index is 0.779. The van der Waals surface area contributed by atoms with Crippen LogP contribution in [0.2, 0.25) is 0 Å². The van der Waals surface area contributed by atoms with Crippen LogP contribution in [0.5, 0.6) is 0 Å². The van der Waals surface area contributed by atoms with Crippen molar-refractivity contribution in [2.75, 3.05) is 25.5 Å². The molecular formula is C15H18N4. The molecule has 1 aliphatic heterocycles. The van der Waals surface area contributed by atoms with Gasteiger partial charge in [0.25, 0.3) is 0 Å². The first-order chi connectivity index (χ1) is 9.25. The number of rotatable bonds is 2. The van der Waals surface area contributed by atoms with Crippen LogP contribution >= 0.6 is 0 Å². The Balaban J connectivity index is 2.19. The molecule has 1 aliphatic rings. The lowest BCUT2D eigenvalue weighted by molar-refractivity contribution is 0.624. The second-order valence-corrected chi connectivity index (χ2v) is 4.98. The van der Waals surface area contributed by atoms with E-state index >= 15 is 0 Å². The van der Waals surface area contributed by atoms with Gasteiger partial charge in [-0.2, -0.15) is 0 Å². The summed E-state index contributed by atoms with van der Waals surface area (Å²) in [7, 11) is 3.96. The minimum atomic E-state index is 0.779. The number of hydrogen-bond donors (Lipinski definition) is 1. The summed E-state index contributed by atoms with van der Waals surface area (Å²) < 4.78 is 0. The Kier molecular flexibility index (Phi) is 3.17. The third-order valence-corrected chi connectivity index (χ3v) is 3.37. The zero-order valence-corrected chi connectivity index (χ0v) is 11.3. The van der Waals surface area contributed by atoms with Gasteiger partial charge >= 0.3 is 0 Å². The molecule has 0 fully saturated rings. The summed E-state index contributed by atoms with van der Waals surface area (Å²) in [6.45, 7) is 1.83. The lowest BCUT2D eigenvalue weighted by Gasteiger charge is -2.22. The van der Waals surface area contributed by atoms with Gasteiger partial charge in [0, 0.05) is 31.8 Å². The Hall–Kier alpha value is -1.94. The summed E-state index contributed by atoms with van der Waals surface area (Å²) in [6.07, 6.45) is 0.993. The predicted octanol–water partition coefficient (Wildman–Crippen LogP) is 1.86. The van der Waals surface area contributed by atoms with E-state index in [4.69, 9.17) is 4.98 Å². The van der Waals surface area contributed by atoms with Crippen LogP contribution in [0.15, 0.2) is 30.3 Å². The summed E-state index contributed by atoms with van der Waals surface area (Å²) in [5, 5.41) is 3.38. The average Bonchev–Trinajstić information content (AvgIpc) is 2.47. The molecule has 0 atom stereocenters. The van der Waals surface area contributed by atoms with Crippen LogP contribution in [0.25, 0.3) is 11.3 Å². The van der Waals surface area contributed by atoms with Crippen molar-refractivity contribution in [3.8, 4) is 11.3 Å². The van der Waals surface area contributed by atoms with Crippen molar-refractivity contribution in [3.63, 3.8) is 0 Å². The van der Waals surface area contributed by atoms with Crippen LogP contribution in [-0.2, 0) is 13.0 Å². The molecule has 1 aromatic carbocycles. The number of hydrogen-bond acceptors (Lipinski definition) is 4. The first-order valence-electron chi connectivity index (χ1n) is 6.59. The van der Waals surface area contributed by atoms with Gasteiger partial charge in [-0.3, -0.25) is 0 Å². The van der Waals surface area contributed by atoms with Crippen molar-refractivity contribution >= 4 is 5.95 Å². The van der Waals surface area contributed by atoms with Gasteiger partial charge in [-0.15, -0.1) is 0 Å². The van der Waals surface area contributed by atoms with Crippen LogP contribution in [-0.4, -0.2) is 30.6 Å². The molecule has 0 radical (unpaired) electrons. The van der Waals surface area contributed by atoms with Gasteiger partial charge in [0.2, 0.25) is 5.95 Å². The highest BCUT2D eigenvalue weighted by molar-refractivity contribution is 5.65. The molecule has 2 heterocycles. The maximum atomic E-state index is 4.74. The molecule has 3 rings (SSSR count). The standard InChI is InChI=1S/C15H18N4/c1-19(2)15-17-13-10-16-9-8-12(13)14(18-15)11-6-4-3-5-7-11/h3-7,16H,8-10H2,1-2H3. The zero-order valence-electron chi connectivity index (χ0n) is 11.3. The third-order valence-electron chi connectivity index (χ3n) is 3.37. The third kappa shape index (κ3) is 2.31. The van der Waals surface area contributed by atoms with Crippen molar-refractivity contribution in [3.05, 3.63) is 41.6 Å². The van der Waals surface area contributed by atoms with Gasteiger partial charge in [-0.1, -0.05) is 30.3 Å². The molecule has 19 heavy (non-hydrogen) atoms. The highest BCUT2D eigenvalue weighted by atomic mass is 15.2. The van der Waals surface area contributed by atoms with Crippen LogP contribution in [0.1, 0.15) is 11.3 Å². The van der Waals surface area contributed by atoms with Gasteiger partial charge in [-0.25, -0.2) is 9.97 Å². The number of aromatic nitrogens is 2. The quantitative estimate of drug-likeness (QED) is 0.888. The Morgan fingerprint density at radius 3 is 2.63 bits per heavy atom. The van der Waals surface area contributed by atoms with Gasteiger partial charge in [-0.05, 0) is 13.0 Å². The van der Waals surface area contributed by atoms with Crippen LogP contribution in [0.3, 0.4) is 0 Å². The number of nitrogens with zero attached hydrogens (tertiary/aromatic N) is 3. The van der Waals surface area contributed by atoms with E-state index in [1.807, 2.05) is 25.1 Å². The Bertz CT molecular complexity index is 578. The smallest absolute Gasteiger partial charge is 0.225 e. The largest absolute Gasteiger partial charge is 0.347 e. The molecule has 0 spiro atoms. The number of anilines is 1. The molecule has 0 bridgehead atoms. The van der Waals surface area contributed by atoms with Gasteiger partial charge in [0.15, 0.2) is 0 Å². The van der Waals surface area contributed by atoms with Crippen molar-refractivity contribution in [2.24, 2.45) is 0 Å². The van der Waals surface area contributed by atoms with Crippen molar-refractivity contribution in [1.82, 2.24) is 15.3 Å². The molecule has 0 amide bonds. The first kappa shape index (κ1) is 12.1. The molecule has 98 valence electrons. The molecule has 1 aromatic heterocycles. The summed E-state index contributed by atoms with van der Waals surface area (Å²) in [4.78, 5) is 11.4. The molecule has 4 nitrogen and oxygen atoms in total. The van der Waals surface area contributed by atoms with Crippen molar-refractivity contribution in [2.45, 2.75) is 13.0 Å². The maximum Gasteiger partial charge on any atom is 0.225 e. The fourth-order valence-corrected chi connectivity index (χ4v) is 2.38. The van der Waals surface area contributed by atoms with E-state index in [2.05, 4.69) is 34.6 Å². The van der Waals surface area contributed by atoms with E-state index < -0.39 is 0 Å². The average molecular weight is 254 g/mol. The van der Waals surface area contributed by atoms with E-state index in [1.165, 1.54) is 11.1 Å². The molecule has 0 unspecified atom stereocenters. The minimum Gasteiger partial charge on any atom is -0.347 e. The lowest BCUT2D eigenvalue weighted by atomic mass is 9.99. The molecular weight excluding hydrogens is 236 g/mol. The van der Waals surface area contributed by atoms with E-state index in [-0.39, 0.29) is 0 Å². The summed E-state index contributed by atoms with van der Waals surface area (Å²) >= 11 is 0. The SMILES string of the molecule is CN(C)c1nc2c(c(-c3ccccc3)n1)CCNC2. The number of fused-ring (bicyclic) bond motifs is 1. The zero-order chi connectivity index (χ0) is 13.2. The first-order valence-corrected chi connectivity index (χ1v) is 6.59. The number of nitrogens with one attached hydrogen (secondary N) is 1. The van der Waals surface area contributed by atoms with Gasteiger partial charge in [0.1, 0.15) is 0 Å². The Labute approximate surface area is 113 Å². The molecule has 0 aliphatic carbocycles. The second kappa shape index (κ2) is 4.97. The molecule has 2 aromatic rings. The fourth-order valence-electron chi connectivity index (χ4n) is 2.38. The highest BCUT2D eigenvalue weighted by Gasteiger charge is 2.18. The second-order valence-electron chi connectivity index (χ2n) is 4.98. The molecule has 0 saturated heterocycles. The maximum absolute atomic E-state index is 4.74. The molecule has 4 heteroatoms. The number of benzene rings is 1. The van der Waals surface area contributed by atoms with Gasteiger partial charge < -0.3 is 10.2 Å². The normalized spacial score (nSPS) is 14.0. The molecule has 1 N–H and O–H groups in total. The topological polar surface area (TPSA) is 41.1 Å². The summed E-state index contributed by atoms with van der Waals surface area (Å²) in [5.41, 5.74) is 4.67. The molecule has 0 saturated carbocycles. The van der Waals surface area contributed by atoms with Crippen LogP contribution < -0.4 is 10.2 Å². The van der Waals surface area contributed by atoms with E-state index in [1.54, 1.807) is 0 Å². The van der Waals surface area contributed by atoms with E-state index in [9.17, 15) is 0 Å². The van der Waals surface area contributed by atoms with E-state index in [0.717, 1.165) is 36.8 Å². The Morgan fingerprint density at radius 2 is 1.89 bits per heavy atom. The monoisotopic (exact) mass is 254 g/mol. The van der Waals surface area contributed by atoms with Crippen molar-refractivity contribution in [1.29, 1.82) is 0 Å². The predicted molar refractivity (Wildman–Crippen MR) is 77.2 cm³/mol. The van der Waals surface area contributed by atoms with Gasteiger partial charge in [0.05, 0.1) is 11.4 Å². The van der Waals surface area contributed by atoms with Crippen LogP contribution in [0, 0.1) is 0 Å². The fraction of sp³-hybridized carbons (Fsp3) is 0.333. The van der Waals surface area contributed by atoms with E-state index in [0.29, 0.717) is 0 Å². The van der Waals surface area contributed by atoms with Crippen molar-refractivity contribution < 1.29 is 0 Å². The highest BCUT2D eigenvalue weighted by Crippen LogP contribution is 2.27. The summed E-state index contributed by atoms with van der Waals surface area (Å²) in [5.74, 6) is 0.779. The van der Waals surface area contributed by atoms with Crippen LogP contribution in [0.4, 0.5) is 5.95 Å². The Morgan fingerprint density at radius 1 is 1.11 bits per heavy atom. The lowest BCUT2D eigenvalue weighted by Crippen LogP contribution is -2.27.